The van der Waals surface area contributed by atoms with Gasteiger partial charge >= 0.3 is 0 Å². The van der Waals surface area contributed by atoms with Crippen LogP contribution in [0, 0.1) is 18.8 Å². The predicted octanol–water partition coefficient (Wildman–Crippen LogP) is 6.10. The largest absolute Gasteiger partial charge is 0.494 e. The molecule has 3 saturated heterocycles. The van der Waals surface area contributed by atoms with Crippen LogP contribution >= 0.6 is 11.6 Å². The van der Waals surface area contributed by atoms with Crippen molar-refractivity contribution >= 4 is 40.7 Å². The molecule has 3 aliphatic heterocycles. The second-order valence-corrected chi connectivity index (χ2v) is 13.6. The maximum Gasteiger partial charge on any atom is 0.253 e. The maximum atomic E-state index is 15.0. The summed E-state index contributed by atoms with van der Waals surface area (Å²) in [6, 6.07) is 11.8. The number of aryl methyl sites for hydroxylation is 1. The van der Waals surface area contributed by atoms with Crippen molar-refractivity contribution < 1.29 is 29.0 Å². The van der Waals surface area contributed by atoms with Crippen LogP contribution in [0.25, 0.3) is 0 Å². The van der Waals surface area contributed by atoms with Gasteiger partial charge in [-0.05, 0) is 82.3 Å². The van der Waals surface area contributed by atoms with Gasteiger partial charge in [0.05, 0.1) is 34.8 Å². The molecule has 2 unspecified atom stereocenters. The number of rotatable bonds is 16. The van der Waals surface area contributed by atoms with Gasteiger partial charge < -0.3 is 29.3 Å². The molecule has 3 heterocycles. The zero-order valence-corrected chi connectivity index (χ0v) is 29.1. The van der Waals surface area contributed by atoms with Crippen molar-refractivity contribution in [3.8, 4) is 5.75 Å². The number of nitrogens with zero attached hydrogens (tertiary/aromatic N) is 3. The first kappa shape index (κ1) is 35.6. The predicted molar refractivity (Wildman–Crippen MR) is 188 cm³/mol. The molecule has 1 spiro atoms. The summed E-state index contributed by atoms with van der Waals surface area (Å²) in [4.78, 5) is 49.4. The number of hydrogen-bond donors (Lipinski definition) is 1. The summed E-state index contributed by atoms with van der Waals surface area (Å²) >= 11 is 6.71. The van der Waals surface area contributed by atoms with Crippen molar-refractivity contribution in [1.29, 1.82) is 0 Å². The summed E-state index contributed by atoms with van der Waals surface area (Å²) in [7, 11) is 0. The van der Waals surface area contributed by atoms with E-state index < -0.39 is 29.1 Å². The molecular formula is C38H48ClN3O6. The number of aliphatic hydroxyl groups excluding tert-OH is 1. The van der Waals surface area contributed by atoms with Gasteiger partial charge in [0.15, 0.2) is 0 Å². The minimum absolute atomic E-state index is 0.106. The third-order valence-corrected chi connectivity index (χ3v) is 10.5. The molecule has 48 heavy (non-hydrogen) atoms. The zero-order chi connectivity index (χ0) is 34.6. The summed E-state index contributed by atoms with van der Waals surface area (Å²) < 4.78 is 12.5. The van der Waals surface area contributed by atoms with Gasteiger partial charge in [0.2, 0.25) is 11.8 Å². The molecular weight excluding hydrogens is 630 g/mol. The highest BCUT2D eigenvalue weighted by molar-refractivity contribution is 6.34. The Bertz CT molecular complexity index is 1510. The number of unbranched alkanes of at least 4 members (excludes halogenated alkanes) is 3. The van der Waals surface area contributed by atoms with E-state index in [1.807, 2.05) is 57.2 Å². The van der Waals surface area contributed by atoms with Gasteiger partial charge in [0.25, 0.3) is 5.91 Å². The lowest BCUT2D eigenvalue weighted by Crippen LogP contribution is -2.57. The number of fused-ring (bicyclic) bond motifs is 1. The number of amides is 3. The van der Waals surface area contributed by atoms with E-state index in [-0.39, 0.29) is 37.4 Å². The fraction of sp³-hybridized carbons (Fsp3) is 0.500. The normalized spacial score (nSPS) is 25.6. The summed E-state index contributed by atoms with van der Waals surface area (Å²) in [5.41, 5.74) is -0.0927. The van der Waals surface area contributed by atoms with Crippen molar-refractivity contribution in [2.24, 2.45) is 11.8 Å². The number of hydrogen-bond acceptors (Lipinski definition) is 6. The van der Waals surface area contributed by atoms with E-state index in [4.69, 9.17) is 21.1 Å². The van der Waals surface area contributed by atoms with Crippen LogP contribution in [0.4, 0.5) is 11.4 Å². The number of ether oxygens (including phenoxy) is 2. The Kier molecular flexibility index (Phi) is 11.0. The van der Waals surface area contributed by atoms with E-state index in [0.717, 1.165) is 18.4 Å². The van der Waals surface area contributed by atoms with Crippen LogP contribution in [0.3, 0.4) is 0 Å². The fourth-order valence-electron chi connectivity index (χ4n) is 8.11. The van der Waals surface area contributed by atoms with E-state index >= 15 is 0 Å². The van der Waals surface area contributed by atoms with Crippen LogP contribution in [-0.2, 0) is 19.1 Å². The summed E-state index contributed by atoms with van der Waals surface area (Å²) in [5, 5.41) is 9.71. The second-order valence-electron chi connectivity index (χ2n) is 13.2. The van der Waals surface area contributed by atoms with Crippen LogP contribution in [-0.4, -0.2) is 77.8 Å². The third kappa shape index (κ3) is 6.28. The first-order valence-corrected chi connectivity index (χ1v) is 17.4. The Morgan fingerprint density at radius 2 is 1.73 bits per heavy atom. The third-order valence-electron chi connectivity index (χ3n) is 10.2. The molecule has 0 saturated carbocycles. The van der Waals surface area contributed by atoms with Crippen molar-refractivity contribution in [2.45, 2.75) is 76.5 Å². The Morgan fingerprint density at radius 3 is 2.38 bits per heavy atom. The Morgan fingerprint density at radius 1 is 1.04 bits per heavy atom. The van der Waals surface area contributed by atoms with E-state index in [1.54, 1.807) is 32.9 Å². The van der Waals surface area contributed by atoms with Gasteiger partial charge in [-0.3, -0.25) is 14.4 Å². The summed E-state index contributed by atoms with van der Waals surface area (Å²) in [5.74, 6) is -1.73. The standard InChI is InChI=1S/C38H48ClN3O6/c1-6-22-40(27-16-18-28(19-17-27)47-8-3)34(44)30-31-35(45)42(24-11-9-10-12-25-43)33(38(31)21-20-37(30,5)48-38)36(46)41(23-7-2)32-26(4)14-13-15-29(32)39/h6-7,13-19,30-31,33,43H,1-2,8-12,20-25H2,3-5H3/t30-,31+,33?,37+,38?/m1/s1. The minimum Gasteiger partial charge on any atom is -0.494 e. The highest BCUT2D eigenvalue weighted by Gasteiger charge is 2.78. The van der Waals surface area contributed by atoms with Gasteiger partial charge in [-0.15, -0.1) is 13.2 Å². The van der Waals surface area contributed by atoms with Gasteiger partial charge in [0.1, 0.15) is 17.4 Å². The molecule has 10 heteroatoms. The lowest BCUT2D eigenvalue weighted by molar-refractivity contribution is -0.144. The Hall–Kier alpha value is -3.66. The van der Waals surface area contributed by atoms with Crippen molar-refractivity contribution in [2.75, 3.05) is 42.6 Å². The van der Waals surface area contributed by atoms with E-state index in [9.17, 15) is 19.5 Å². The summed E-state index contributed by atoms with van der Waals surface area (Å²) in [6.45, 7) is 14.9. The maximum absolute atomic E-state index is 15.0. The minimum atomic E-state index is -1.19. The lowest BCUT2D eigenvalue weighted by Gasteiger charge is -2.37. The molecule has 0 aromatic heterocycles. The molecule has 5 atom stereocenters. The van der Waals surface area contributed by atoms with E-state index in [0.29, 0.717) is 61.0 Å². The topological polar surface area (TPSA) is 99.6 Å². The SMILES string of the molecule is C=CCN(C(=O)[C@H]1[C@H]2C(=O)N(CCCCCCO)C(C(=O)N(CC=C)c3c(C)cccc3Cl)C23CC[C@]1(C)O3)c1ccc(OCC)cc1. The number of para-hydroxylation sites is 1. The number of carbonyl (C=O) groups excluding carboxylic acids is 3. The number of anilines is 2. The highest BCUT2D eigenvalue weighted by Crippen LogP contribution is 2.63. The van der Waals surface area contributed by atoms with Gasteiger partial charge in [-0.25, -0.2) is 0 Å². The van der Waals surface area contributed by atoms with Gasteiger partial charge in [0, 0.05) is 31.9 Å². The Labute approximate surface area is 289 Å². The number of aliphatic hydroxyl groups is 1. The fourth-order valence-corrected chi connectivity index (χ4v) is 8.43. The molecule has 9 nitrogen and oxygen atoms in total. The average molecular weight is 678 g/mol. The molecule has 3 aliphatic rings. The van der Waals surface area contributed by atoms with Crippen LogP contribution in [0.15, 0.2) is 67.8 Å². The molecule has 0 aliphatic carbocycles. The molecule has 3 amide bonds. The zero-order valence-electron chi connectivity index (χ0n) is 28.3. The first-order valence-electron chi connectivity index (χ1n) is 17.0. The smallest absolute Gasteiger partial charge is 0.253 e. The van der Waals surface area contributed by atoms with Crippen LogP contribution in [0.5, 0.6) is 5.75 Å². The van der Waals surface area contributed by atoms with Crippen molar-refractivity contribution in [3.05, 3.63) is 78.4 Å². The monoisotopic (exact) mass is 677 g/mol. The van der Waals surface area contributed by atoms with Gasteiger partial charge in [-0.1, -0.05) is 48.7 Å². The Balaban J connectivity index is 1.56. The van der Waals surface area contributed by atoms with Crippen LogP contribution in [0.1, 0.15) is 57.9 Å². The molecule has 2 aromatic carbocycles. The molecule has 0 radical (unpaired) electrons. The number of carbonyl (C=O) groups is 3. The molecule has 2 aromatic rings. The number of halogens is 1. The number of likely N-dealkylation sites (tertiary alicyclic amines) is 1. The lowest BCUT2D eigenvalue weighted by atomic mass is 9.66. The van der Waals surface area contributed by atoms with Crippen LogP contribution < -0.4 is 14.5 Å². The van der Waals surface area contributed by atoms with Crippen LogP contribution in [0.2, 0.25) is 5.02 Å². The van der Waals surface area contributed by atoms with E-state index in [2.05, 4.69) is 13.2 Å². The van der Waals surface area contributed by atoms with Crippen molar-refractivity contribution in [1.82, 2.24) is 4.90 Å². The second kappa shape index (κ2) is 14.8. The molecule has 3 fully saturated rings. The molecule has 5 rings (SSSR count). The highest BCUT2D eigenvalue weighted by atomic mass is 35.5. The quantitative estimate of drug-likeness (QED) is 0.170. The average Bonchev–Trinajstić information content (AvgIpc) is 3.63. The molecule has 1 N–H and O–H groups in total. The number of benzene rings is 2. The molecule has 258 valence electrons. The van der Waals surface area contributed by atoms with Gasteiger partial charge in [-0.2, -0.15) is 0 Å². The summed E-state index contributed by atoms with van der Waals surface area (Å²) in [6.07, 6.45) is 7.22. The molecule has 2 bridgehead atoms. The van der Waals surface area contributed by atoms with E-state index in [1.165, 1.54) is 0 Å². The van der Waals surface area contributed by atoms with Crippen molar-refractivity contribution in [3.63, 3.8) is 0 Å². The first-order chi connectivity index (χ1) is 23.1.